The Morgan fingerprint density at radius 3 is 2.72 bits per heavy atom. The number of methoxy groups -OCH3 is 1. The number of phenolic OH excluding ortho intramolecular Hbond substituents is 2. The van der Waals surface area contributed by atoms with Crippen molar-refractivity contribution in [3.8, 4) is 11.5 Å². The summed E-state index contributed by atoms with van der Waals surface area (Å²) in [5.41, 5.74) is 6.46. The lowest BCUT2D eigenvalue weighted by Crippen LogP contribution is -2.50. The molecule has 4 rings (SSSR count). The number of carbonyl (C=O) groups excluding carboxylic acids is 1. The maximum absolute atomic E-state index is 11.3. The molecule has 3 atom stereocenters. The van der Waals surface area contributed by atoms with Gasteiger partial charge >= 0.3 is 6.09 Å². The molecular weight excluding hydrogens is 454 g/mol. The molecule has 0 aromatic heterocycles. The number of ether oxygens (including phenoxy) is 2. The third-order valence-electron chi connectivity index (χ3n) is 6.09. The van der Waals surface area contributed by atoms with Gasteiger partial charge in [0.2, 0.25) is 0 Å². The Balaban J connectivity index is 1.66. The van der Waals surface area contributed by atoms with Crippen LogP contribution >= 0.6 is 21.6 Å². The monoisotopic (exact) mass is 483 g/mol. The topological polar surface area (TPSA) is 151 Å². The normalized spacial score (nSPS) is 26.1. The third-order valence-corrected chi connectivity index (χ3v) is 8.50. The van der Waals surface area contributed by atoms with Gasteiger partial charge in [-0.2, -0.15) is 0 Å². The molecule has 10 nitrogen and oxygen atoms in total. The lowest BCUT2D eigenvalue weighted by molar-refractivity contribution is 0.0498. The molecule has 32 heavy (non-hydrogen) atoms. The minimum absolute atomic E-state index is 0.0227. The Morgan fingerprint density at radius 1 is 1.34 bits per heavy atom. The van der Waals surface area contributed by atoms with Crippen LogP contribution in [0.25, 0.3) is 5.57 Å². The summed E-state index contributed by atoms with van der Waals surface area (Å²) >= 11 is 0. The highest BCUT2D eigenvalue weighted by Crippen LogP contribution is 2.63. The predicted octanol–water partition coefficient (Wildman–Crippen LogP) is 1.37. The van der Waals surface area contributed by atoms with Crippen molar-refractivity contribution in [3.05, 3.63) is 17.4 Å². The van der Waals surface area contributed by atoms with Crippen LogP contribution in [0.1, 0.15) is 11.1 Å². The number of nitrogens with two attached hydrogens (primary N) is 1. The van der Waals surface area contributed by atoms with E-state index in [1.54, 1.807) is 35.6 Å². The first-order valence-electron chi connectivity index (χ1n) is 10.4. The number of hydrogen-bond acceptors (Lipinski definition) is 11. The van der Waals surface area contributed by atoms with E-state index in [2.05, 4.69) is 16.0 Å². The van der Waals surface area contributed by atoms with Crippen molar-refractivity contribution in [2.75, 3.05) is 55.5 Å². The van der Waals surface area contributed by atoms with Gasteiger partial charge in [-0.3, -0.25) is 0 Å². The fourth-order valence-electron chi connectivity index (χ4n) is 4.62. The lowest BCUT2D eigenvalue weighted by atomic mass is 9.94. The van der Waals surface area contributed by atoms with Crippen molar-refractivity contribution in [1.29, 1.82) is 0 Å². The number of anilines is 2. The van der Waals surface area contributed by atoms with Gasteiger partial charge in [0.1, 0.15) is 17.8 Å². The molecule has 0 spiro atoms. The molecule has 3 aliphatic rings. The fraction of sp³-hybridized carbons (Fsp3) is 0.550. The van der Waals surface area contributed by atoms with Crippen LogP contribution in [0.3, 0.4) is 0 Å². The molecule has 1 aromatic carbocycles. The Hall–Kier alpha value is -1.99. The quantitative estimate of drug-likeness (QED) is 0.0715. The molecule has 2 fully saturated rings. The maximum atomic E-state index is 11.3. The number of phenols is 2. The number of carbonyl (C=O) groups is 1. The Labute approximate surface area is 194 Å². The number of hydrogen-bond donors (Lipinski definition) is 6. The van der Waals surface area contributed by atoms with E-state index >= 15 is 0 Å². The molecule has 12 heteroatoms. The van der Waals surface area contributed by atoms with Crippen molar-refractivity contribution >= 4 is 44.6 Å². The van der Waals surface area contributed by atoms with Gasteiger partial charge in [0.25, 0.3) is 0 Å². The number of amides is 1. The zero-order chi connectivity index (χ0) is 23.0. The molecule has 0 radical (unpaired) electrons. The summed E-state index contributed by atoms with van der Waals surface area (Å²) in [6.45, 7) is 3.89. The zero-order valence-electron chi connectivity index (χ0n) is 18.2. The molecule has 2 saturated heterocycles. The van der Waals surface area contributed by atoms with Crippen LogP contribution in [0.15, 0.2) is 6.26 Å². The number of primary amides is 1. The highest BCUT2D eigenvalue weighted by Gasteiger charge is 2.69. The van der Waals surface area contributed by atoms with Crippen molar-refractivity contribution < 1.29 is 24.5 Å². The third kappa shape index (κ3) is 3.63. The van der Waals surface area contributed by atoms with Crippen LogP contribution in [0.5, 0.6) is 11.5 Å². The second kappa shape index (κ2) is 9.10. The number of piperazine rings is 1. The lowest BCUT2D eigenvalue weighted by Gasteiger charge is -2.35. The van der Waals surface area contributed by atoms with Crippen LogP contribution in [-0.2, 0) is 9.47 Å². The molecule has 0 aliphatic carbocycles. The second-order valence-electron chi connectivity index (χ2n) is 7.83. The molecule has 0 saturated carbocycles. The highest BCUT2D eigenvalue weighted by molar-refractivity contribution is 8.76. The summed E-state index contributed by atoms with van der Waals surface area (Å²) < 4.78 is 11.0. The van der Waals surface area contributed by atoms with E-state index in [9.17, 15) is 15.0 Å². The van der Waals surface area contributed by atoms with E-state index in [4.69, 9.17) is 15.2 Å². The summed E-state index contributed by atoms with van der Waals surface area (Å²) in [5, 5.41) is 32.1. The van der Waals surface area contributed by atoms with E-state index in [1.165, 1.54) is 6.26 Å². The van der Waals surface area contributed by atoms with Crippen molar-refractivity contribution in [2.45, 2.75) is 24.7 Å². The first kappa shape index (κ1) is 23.2. The maximum Gasteiger partial charge on any atom is 0.409 e. The largest absolute Gasteiger partial charge is 0.505 e. The smallest absolute Gasteiger partial charge is 0.409 e. The molecule has 1 aromatic rings. The van der Waals surface area contributed by atoms with Crippen molar-refractivity contribution in [2.24, 2.45) is 5.73 Å². The highest BCUT2D eigenvalue weighted by atomic mass is 33.1. The first-order valence-corrected chi connectivity index (χ1v) is 12.8. The molecule has 1 amide bonds. The Morgan fingerprint density at radius 2 is 2.06 bits per heavy atom. The number of rotatable bonds is 10. The number of aromatic hydroxyl groups is 2. The second-order valence-corrected chi connectivity index (χ2v) is 10.5. The van der Waals surface area contributed by atoms with E-state index in [1.807, 2.05) is 11.9 Å². The minimum Gasteiger partial charge on any atom is -0.505 e. The number of benzene rings is 1. The molecular formula is C20H29N5O5S2. The van der Waals surface area contributed by atoms with Crippen LogP contribution < -0.4 is 26.6 Å². The van der Waals surface area contributed by atoms with Crippen molar-refractivity contribution in [3.63, 3.8) is 0 Å². The van der Waals surface area contributed by atoms with Gasteiger partial charge in [-0.15, -0.1) is 0 Å². The van der Waals surface area contributed by atoms with Gasteiger partial charge < -0.3 is 46.3 Å². The van der Waals surface area contributed by atoms with E-state index in [0.29, 0.717) is 41.2 Å². The van der Waals surface area contributed by atoms with E-state index in [-0.39, 0.29) is 23.6 Å². The van der Waals surface area contributed by atoms with Crippen molar-refractivity contribution in [1.82, 2.24) is 10.6 Å². The number of fused-ring (bicyclic) bond motifs is 5. The average Bonchev–Trinajstić information content (AvgIpc) is 3.38. The summed E-state index contributed by atoms with van der Waals surface area (Å²) in [6, 6.07) is 0.112. The van der Waals surface area contributed by atoms with Crippen LogP contribution in [0, 0.1) is 6.92 Å². The van der Waals surface area contributed by atoms with Gasteiger partial charge in [0, 0.05) is 49.9 Å². The molecule has 0 bridgehead atoms. The van der Waals surface area contributed by atoms with Gasteiger partial charge in [-0.1, -0.05) is 21.6 Å². The average molecular weight is 484 g/mol. The van der Waals surface area contributed by atoms with Gasteiger partial charge in [-0.05, 0) is 14.0 Å². The first-order chi connectivity index (χ1) is 15.4. The molecule has 3 aliphatic heterocycles. The van der Waals surface area contributed by atoms with Crippen LogP contribution in [0.2, 0.25) is 0 Å². The standard InChI is InChI=1S/C20H29N5O5S2/c1-10-14(23-5-7-32-31-6-4-22-2)17(27)13-11(9-30-19(21)28)20(29-3)18-12(24-18)8-25(20)15(13)16(10)26/h9,12,18,22-24,26-27H,4-8H2,1-3H3,(H2,21,28)/t12?,18?,20-/m1/s1. The SMILES string of the molecule is CNCCSSCCNc1c(C)c(O)c2c(c1O)C(=COC(N)=O)[C@@]1(OC)C3NC3CN21. The van der Waals surface area contributed by atoms with Gasteiger partial charge in [-0.25, -0.2) is 4.79 Å². The molecule has 3 heterocycles. The predicted molar refractivity (Wildman–Crippen MR) is 128 cm³/mol. The molecule has 176 valence electrons. The Kier molecular flexibility index (Phi) is 6.59. The van der Waals surface area contributed by atoms with E-state index < -0.39 is 11.8 Å². The van der Waals surface area contributed by atoms with Crippen LogP contribution in [0.4, 0.5) is 16.2 Å². The summed E-state index contributed by atoms with van der Waals surface area (Å²) in [5.74, 6) is 1.86. The van der Waals surface area contributed by atoms with Gasteiger partial charge in [0.15, 0.2) is 5.72 Å². The van der Waals surface area contributed by atoms with Gasteiger partial charge in [0.05, 0.1) is 28.6 Å². The van der Waals surface area contributed by atoms with Crippen LogP contribution in [-0.4, -0.2) is 79.4 Å². The number of nitrogens with zero attached hydrogens (tertiary/aromatic N) is 1. The zero-order valence-corrected chi connectivity index (χ0v) is 19.9. The number of nitrogens with one attached hydrogen (secondary N) is 3. The summed E-state index contributed by atoms with van der Waals surface area (Å²) in [7, 11) is 7.00. The molecule has 2 unspecified atom stereocenters. The Bertz CT molecular complexity index is 946. The molecule has 7 N–H and O–H groups in total. The minimum atomic E-state index is -1.01. The summed E-state index contributed by atoms with van der Waals surface area (Å²) in [4.78, 5) is 13.3. The van der Waals surface area contributed by atoms with E-state index in [0.717, 1.165) is 18.1 Å². The fourth-order valence-corrected chi connectivity index (χ4v) is 6.53. The summed E-state index contributed by atoms with van der Waals surface area (Å²) in [6.07, 6.45) is 0.253.